The van der Waals surface area contributed by atoms with Crippen LogP contribution in [0.5, 0.6) is 0 Å². The van der Waals surface area contributed by atoms with Crippen molar-refractivity contribution < 1.29 is 29.2 Å². The Labute approximate surface area is 142 Å². The summed E-state index contributed by atoms with van der Waals surface area (Å²) in [4.78, 5) is 0. The molecule has 0 aromatic heterocycles. The molecular weight excluding hydrogens is 300 g/mol. The summed E-state index contributed by atoms with van der Waals surface area (Å²) in [5, 5.41) is 17.3. The summed E-state index contributed by atoms with van der Waals surface area (Å²) in [6, 6.07) is 0. The normalized spacial score (nSPS) is 16.2. The van der Waals surface area contributed by atoms with Crippen molar-refractivity contribution in [3.8, 4) is 0 Å². The van der Waals surface area contributed by atoms with Crippen molar-refractivity contribution in [2.45, 2.75) is 71.9 Å². The van der Waals surface area contributed by atoms with Gasteiger partial charge in [0, 0.05) is 13.7 Å². The topological polar surface area (TPSA) is 77.4 Å². The van der Waals surface area contributed by atoms with Crippen LogP contribution in [-0.2, 0) is 18.9 Å². The molecule has 0 heterocycles. The van der Waals surface area contributed by atoms with Gasteiger partial charge in [0.15, 0.2) is 0 Å². The SMILES string of the molecule is CCCCOC(C)COC(C)CO.COC(C)COC(C)CO. The number of rotatable bonds is 13. The smallest absolute Gasteiger partial charge is 0.0780 e. The Kier molecular flexibility index (Phi) is 19.7. The van der Waals surface area contributed by atoms with E-state index in [-0.39, 0.29) is 37.6 Å². The van der Waals surface area contributed by atoms with E-state index in [1.807, 2.05) is 27.7 Å². The molecule has 6 nitrogen and oxygen atoms in total. The molecule has 0 amide bonds. The summed E-state index contributed by atoms with van der Waals surface area (Å²) >= 11 is 0. The summed E-state index contributed by atoms with van der Waals surface area (Å²) in [6.45, 7) is 11.7. The first kappa shape index (κ1) is 25.0. The van der Waals surface area contributed by atoms with Crippen LogP contribution in [0.2, 0.25) is 0 Å². The molecule has 0 aliphatic heterocycles. The molecule has 0 radical (unpaired) electrons. The van der Waals surface area contributed by atoms with Crippen LogP contribution in [0.15, 0.2) is 0 Å². The fourth-order valence-corrected chi connectivity index (χ4v) is 1.25. The Morgan fingerprint density at radius 2 is 1.22 bits per heavy atom. The molecule has 0 aromatic carbocycles. The van der Waals surface area contributed by atoms with E-state index in [1.54, 1.807) is 7.11 Å². The average Bonchev–Trinajstić information content (AvgIpc) is 2.57. The number of aliphatic hydroxyl groups is 2. The first-order chi connectivity index (χ1) is 10.9. The van der Waals surface area contributed by atoms with E-state index in [4.69, 9.17) is 29.2 Å². The van der Waals surface area contributed by atoms with Crippen molar-refractivity contribution in [1.82, 2.24) is 0 Å². The van der Waals surface area contributed by atoms with Crippen molar-refractivity contribution in [2.24, 2.45) is 0 Å². The van der Waals surface area contributed by atoms with Crippen molar-refractivity contribution in [3.05, 3.63) is 0 Å². The lowest BCUT2D eigenvalue weighted by Gasteiger charge is -2.15. The molecule has 0 spiro atoms. The third-order valence-corrected chi connectivity index (χ3v) is 3.05. The second kappa shape index (κ2) is 18.1. The minimum Gasteiger partial charge on any atom is -0.394 e. The molecular formula is C17H38O6. The molecule has 0 bridgehead atoms. The van der Waals surface area contributed by atoms with Crippen LogP contribution in [0.3, 0.4) is 0 Å². The third kappa shape index (κ3) is 19.7. The highest BCUT2D eigenvalue weighted by molar-refractivity contribution is 4.51. The van der Waals surface area contributed by atoms with Crippen molar-refractivity contribution >= 4 is 0 Å². The Morgan fingerprint density at radius 1 is 0.739 bits per heavy atom. The van der Waals surface area contributed by atoms with E-state index in [0.717, 1.165) is 19.4 Å². The molecule has 4 atom stereocenters. The van der Waals surface area contributed by atoms with E-state index >= 15 is 0 Å². The highest BCUT2D eigenvalue weighted by Crippen LogP contribution is 1.98. The predicted octanol–water partition coefficient (Wildman–Crippen LogP) is 2.01. The van der Waals surface area contributed by atoms with Crippen LogP contribution in [0.1, 0.15) is 47.5 Å². The lowest BCUT2D eigenvalue weighted by molar-refractivity contribution is -0.0457. The molecule has 0 aliphatic carbocycles. The summed E-state index contributed by atoms with van der Waals surface area (Å²) in [5.41, 5.74) is 0. The Balaban J connectivity index is 0. The highest BCUT2D eigenvalue weighted by Gasteiger charge is 2.05. The molecule has 0 aliphatic rings. The first-order valence-electron chi connectivity index (χ1n) is 8.50. The number of ether oxygens (including phenoxy) is 4. The van der Waals surface area contributed by atoms with Gasteiger partial charge in [-0.15, -0.1) is 0 Å². The molecule has 142 valence electrons. The van der Waals surface area contributed by atoms with Gasteiger partial charge in [0.2, 0.25) is 0 Å². The zero-order valence-corrected chi connectivity index (χ0v) is 15.8. The van der Waals surface area contributed by atoms with Crippen LogP contribution >= 0.6 is 0 Å². The summed E-state index contributed by atoms with van der Waals surface area (Å²) in [7, 11) is 1.64. The van der Waals surface area contributed by atoms with E-state index in [1.165, 1.54) is 0 Å². The third-order valence-electron chi connectivity index (χ3n) is 3.05. The van der Waals surface area contributed by atoms with Gasteiger partial charge in [-0.25, -0.2) is 0 Å². The molecule has 0 saturated carbocycles. The summed E-state index contributed by atoms with van der Waals surface area (Å²) < 4.78 is 20.9. The average molecular weight is 338 g/mol. The van der Waals surface area contributed by atoms with Crippen LogP contribution in [0.25, 0.3) is 0 Å². The van der Waals surface area contributed by atoms with E-state index in [2.05, 4.69) is 6.92 Å². The van der Waals surface area contributed by atoms with E-state index < -0.39 is 0 Å². The molecule has 0 saturated heterocycles. The molecule has 6 heteroatoms. The largest absolute Gasteiger partial charge is 0.394 e. The van der Waals surface area contributed by atoms with Gasteiger partial charge < -0.3 is 29.2 Å². The van der Waals surface area contributed by atoms with Gasteiger partial charge in [-0.2, -0.15) is 0 Å². The number of aliphatic hydroxyl groups excluding tert-OH is 2. The minimum atomic E-state index is -0.0859. The Morgan fingerprint density at radius 3 is 1.61 bits per heavy atom. The van der Waals surface area contributed by atoms with Crippen LogP contribution in [0.4, 0.5) is 0 Å². The van der Waals surface area contributed by atoms with E-state index in [0.29, 0.717) is 13.2 Å². The Hall–Kier alpha value is -0.240. The number of hydrogen-bond acceptors (Lipinski definition) is 6. The molecule has 23 heavy (non-hydrogen) atoms. The highest BCUT2D eigenvalue weighted by atomic mass is 16.5. The van der Waals surface area contributed by atoms with Crippen molar-refractivity contribution in [1.29, 1.82) is 0 Å². The second-order valence-electron chi connectivity index (χ2n) is 5.73. The monoisotopic (exact) mass is 338 g/mol. The fraction of sp³-hybridized carbons (Fsp3) is 1.00. The van der Waals surface area contributed by atoms with Gasteiger partial charge in [-0.1, -0.05) is 13.3 Å². The predicted molar refractivity (Wildman–Crippen MR) is 91.8 cm³/mol. The zero-order valence-electron chi connectivity index (χ0n) is 15.8. The molecule has 4 unspecified atom stereocenters. The van der Waals surface area contributed by atoms with Gasteiger partial charge in [-0.3, -0.25) is 0 Å². The maximum Gasteiger partial charge on any atom is 0.0780 e. The van der Waals surface area contributed by atoms with Crippen molar-refractivity contribution in [3.63, 3.8) is 0 Å². The number of unbranched alkanes of at least 4 members (excludes halogenated alkanes) is 1. The maximum absolute atomic E-state index is 8.70. The van der Waals surface area contributed by atoms with Gasteiger partial charge in [0.25, 0.3) is 0 Å². The van der Waals surface area contributed by atoms with Crippen LogP contribution in [0, 0.1) is 0 Å². The van der Waals surface area contributed by atoms with Gasteiger partial charge >= 0.3 is 0 Å². The summed E-state index contributed by atoms with van der Waals surface area (Å²) in [5.74, 6) is 0. The lowest BCUT2D eigenvalue weighted by atomic mass is 10.3. The minimum absolute atomic E-state index is 0.0659. The van der Waals surface area contributed by atoms with Crippen molar-refractivity contribution in [2.75, 3.05) is 40.1 Å². The number of methoxy groups -OCH3 is 1. The fourth-order valence-electron chi connectivity index (χ4n) is 1.25. The molecule has 0 rings (SSSR count). The first-order valence-corrected chi connectivity index (χ1v) is 8.50. The second-order valence-corrected chi connectivity index (χ2v) is 5.73. The standard InChI is InChI=1S/C10H22O3.C7H16O3/c1-4-5-6-12-10(3)8-13-9(2)7-11;1-6(4-8)10-5-7(2)9-3/h9-11H,4-8H2,1-3H3;6-8H,4-5H2,1-3H3. The van der Waals surface area contributed by atoms with Gasteiger partial charge in [0.05, 0.1) is 50.8 Å². The summed E-state index contributed by atoms with van der Waals surface area (Å²) in [6.07, 6.45) is 2.31. The maximum atomic E-state index is 8.70. The molecule has 2 N–H and O–H groups in total. The van der Waals surface area contributed by atoms with Gasteiger partial charge in [0.1, 0.15) is 0 Å². The Bertz CT molecular complexity index is 217. The number of hydrogen-bond donors (Lipinski definition) is 2. The molecule has 0 aromatic rings. The molecule has 0 fully saturated rings. The lowest BCUT2D eigenvalue weighted by Crippen LogP contribution is -2.22. The van der Waals surface area contributed by atoms with Gasteiger partial charge in [-0.05, 0) is 34.1 Å². The quantitative estimate of drug-likeness (QED) is 0.500. The van der Waals surface area contributed by atoms with Crippen LogP contribution in [-0.4, -0.2) is 74.8 Å². The zero-order chi connectivity index (χ0) is 18.1. The van der Waals surface area contributed by atoms with E-state index in [9.17, 15) is 0 Å². The van der Waals surface area contributed by atoms with Crippen LogP contribution < -0.4 is 0 Å².